The molecule has 1 amide bonds. The molecule has 0 bridgehead atoms. The molecule has 1 aromatic carbocycles. The highest BCUT2D eigenvalue weighted by Gasteiger charge is 2.00. The van der Waals surface area contributed by atoms with Crippen molar-refractivity contribution in [1.29, 1.82) is 0 Å². The standard InChI is InChI=1S/C13H14N2O/c1-3-10(8-9-15-2)11-4-6-12(7-5-11)13(14)16/h3-9H,1H2,2H3,(H2,14,16)/b10-8+,15-9?. The van der Waals surface area contributed by atoms with Gasteiger partial charge in [0.2, 0.25) is 5.91 Å². The molecule has 0 aliphatic carbocycles. The van der Waals surface area contributed by atoms with Gasteiger partial charge < -0.3 is 5.73 Å². The maximum atomic E-state index is 10.9. The van der Waals surface area contributed by atoms with Crippen molar-refractivity contribution >= 4 is 17.7 Å². The van der Waals surface area contributed by atoms with E-state index in [-0.39, 0.29) is 0 Å². The summed E-state index contributed by atoms with van der Waals surface area (Å²) in [5.41, 5.74) is 7.57. The number of primary amides is 1. The second-order valence-electron chi connectivity index (χ2n) is 3.18. The van der Waals surface area contributed by atoms with Gasteiger partial charge in [0.1, 0.15) is 0 Å². The van der Waals surface area contributed by atoms with Crippen LogP contribution < -0.4 is 5.73 Å². The highest BCUT2D eigenvalue weighted by Crippen LogP contribution is 2.15. The minimum Gasteiger partial charge on any atom is -0.366 e. The fraction of sp³-hybridized carbons (Fsp3) is 0.0769. The maximum Gasteiger partial charge on any atom is 0.248 e. The lowest BCUT2D eigenvalue weighted by Gasteiger charge is -2.02. The molecule has 0 aliphatic rings. The Labute approximate surface area is 95.0 Å². The molecule has 3 nitrogen and oxygen atoms in total. The second kappa shape index (κ2) is 5.66. The first-order valence-electron chi connectivity index (χ1n) is 4.84. The van der Waals surface area contributed by atoms with Gasteiger partial charge in [-0.3, -0.25) is 9.79 Å². The van der Waals surface area contributed by atoms with Crippen LogP contribution >= 0.6 is 0 Å². The summed E-state index contributed by atoms with van der Waals surface area (Å²) in [5.74, 6) is -0.425. The number of aliphatic imine (C=N–C) groups is 1. The van der Waals surface area contributed by atoms with Crippen molar-refractivity contribution in [2.45, 2.75) is 0 Å². The minimum absolute atomic E-state index is 0.425. The number of benzene rings is 1. The summed E-state index contributed by atoms with van der Waals surface area (Å²) in [6.45, 7) is 3.73. The van der Waals surface area contributed by atoms with E-state index in [0.717, 1.165) is 11.1 Å². The first-order chi connectivity index (χ1) is 7.69. The molecule has 0 unspecified atom stereocenters. The SMILES string of the molecule is C=C/C(=C\C=NC)c1ccc(C(N)=O)cc1. The molecular formula is C13H14N2O. The predicted octanol–water partition coefficient (Wildman–Crippen LogP) is 2.06. The quantitative estimate of drug-likeness (QED) is 0.605. The number of rotatable bonds is 4. The van der Waals surface area contributed by atoms with Crippen LogP contribution in [0.25, 0.3) is 5.57 Å². The zero-order valence-electron chi connectivity index (χ0n) is 9.18. The molecule has 0 spiro atoms. The number of amides is 1. The summed E-state index contributed by atoms with van der Waals surface area (Å²) in [7, 11) is 1.70. The molecule has 0 saturated carbocycles. The molecule has 0 heterocycles. The molecular weight excluding hydrogens is 200 g/mol. The van der Waals surface area contributed by atoms with Gasteiger partial charge in [0.25, 0.3) is 0 Å². The predicted molar refractivity (Wildman–Crippen MR) is 67.5 cm³/mol. The number of nitrogens with zero attached hydrogens (tertiary/aromatic N) is 1. The van der Waals surface area contributed by atoms with Crippen molar-refractivity contribution < 1.29 is 4.79 Å². The molecule has 1 rings (SSSR count). The normalized spacial score (nSPS) is 11.7. The summed E-state index contributed by atoms with van der Waals surface area (Å²) in [4.78, 5) is 14.8. The van der Waals surface area contributed by atoms with Gasteiger partial charge in [-0.05, 0) is 29.3 Å². The van der Waals surface area contributed by atoms with Crippen LogP contribution in [0.15, 0.2) is 48.0 Å². The van der Waals surface area contributed by atoms with Crippen molar-refractivity contribution in [2.24, 2.45) is 10.7 Å². The maximum absolute atomic E-state index is 10.9. The number of hydrogen-bond acceptors (Lipinski definition) is 2. The number of allylic oxidation sites excluding steroid dienone is 3. The van der Waals surface area contributed by atoms with Crippen LogP contribution in [0.3, 0.4) is 0 Å². The lowest BCUT2D eigenvalue weighted by Crippen LogP contribution is -2.10. The third-order valence-corrected chi connectivity index (χ3v) is 2.13. The minimum atomic E-state index is -0.425. The Bertz CT molecular complexity index is 442. The first-order valence-corrected chi connectivity index (χ1v) is 4.84. The van der Waals surface area contributed by atoms with E-state index in [2.05, 4.69) is 11.6 Å². The Hall–Kier alpha value is -2.16. The van der Waals surface area contributed by atoms with Crippen LogP contribution in [0.4, 0.5) is 0 Å². The van der Waals surface area contributed by atoms with Gasteiger partial charge in [-0.25, -0.2) is 0 Å². The van der Waals surface area contributed by atoms with E-state index in [9.17, 15) is 4.79 Å². The van der Waals surface area contributed by atoms with Crippen molar-refractivity contribution in [3.8, 4) is 0 Å². The van der Waals surface area contributed by atoms with Crippen LogP contribution in [0.1, 0.15) is 15.9 Å². The third kappa shape index (κ3) is 2.92. The molecule has 1 aromatic rings. The van der Waals surface area contributed by atoms with Crippen LogP contribution in [0, 0.1) is 0 Å². The molecule has 0 atom stereocenters. The molecule has 0 radical (unpaired) electrons. The van der Waals surface area contributed by atoms with E-state index in [0.29, 0.717) is 5.56 Å². The Morgan fingerprint density at radius 2 is 1.88 bits per heavy atom. The second-order valence-corrected chi connectivity index (χ2v) is 3.18. The van der Waals surface area contributed by atoms with Gasteiger partial charge in [0, 0.05) is 18.8 Å². The summed E-state index contributed by atoms with van der Waals surface area (Å²) in [6.07, 6.45) is 5.28. The summed E-state index contributed by atoms with van der Waals surface area (Å²) in [6, 6.07) is 7.05. The Balaban J connectivity index is 3.04. The van der Waals surface area contributed by atoms with Gasteiger partial charge in [0.05, 0.1) is 0 Å². The first kappa shape index (κ1) is 11.9. The van der Waals surface area contributed by atoms with Crippen LogP contribution in [-0.2, 0) is 0 Å². The number of nitrogens with two attached hydrogens (primary N) is 1. The Kier molecular flexibility index (Phi) is 4.21. The highest BCUT2D eigenvalue weighted by molar-refractivity contribution is 5.94. The van der Waals surface area contributed by atoms with Crippen LogP contribution in [0.5, 0.6) is 0 Å². The summed E-state index contributed by atoms with van der Waals surface area (Å²) >= 11 is 0. The average molecular weight is 214 g/mol. The van der Waals surface area contributed by atoms with E-state index in [1.165, 1.54) is 0 Å². The highest BCUT2D eigenvalue weighted by atomic mass is 16.1. The van der Waals surface area contributed by atoms with Crippen molar-refractivity contribution in [2.75, 3.05) is 7.05 Å². The molecule has 3 heteroatoms. The van der Waals surface area contributed by atoms with Crippen LogP contribution in [-0.4, -0.2) is 19.2 Å². The van der Waals surface area contributed by atoms with Crippen molar-refractivity contribution in [3.63, 3.8) is 0 Å². The van der Waals surface area contributed by atoms with Gasteiger partial charge in [-0.1, -0.05) is 24.8 Å². The smallest absolute Gasteiger partial charge is 0.248 e. The number of hydrogen-bond donors (Lipinski definition) is 1. The van der Waals surface area contributed by atoms with Crippen molar-refractivity contribution in [1.82, 2.24) is 0 Å². The van der Waals surface area contributed by atoms with Gasteiger partial charge >= 0.3 is 0 Å². The van der Waals surface area contributed by atoms with Crippen LogP contribution in [0.2, 0.25) is 0 Å². The molecule has 16 heavy (non-hydrogen) atoms. The largest absolute Gasteiger partial charge is 0.366 e. The van der Waals surface area contributed by atoms with Gasteiger partial charge in [0.15, 0.2) is 0 Å². The molecule has 0 fully saturated rings. The van der Waals surface area contributed by atoms with E-state index >= 15 is 0 Å². The van der Waals surface area contributed by atoms with E-state index in [1.807, 2.05) is 18.2 Å². The molecule has 0 aromatic heterocycles. The van der Waals surface area contributed by atoms with E-state index in [4.69, 9.17) is 5.73 Å². The molecule has 82 valence electrons. The van der Waals surface area contributed by atoms with Gasteiger partial charge in [-0.15, -0.1) is 0 Å². The lowest BCUT2D eigenvalue weighted by atomic mass is 10.0. The van der Waals surface area contributed by atoms with E-state index in [1.54, 1.807) is 31.5 Å². The monoisotopic (exact) mass is 214 g/mol. The Morgan fingerprint density at radius 1 is 1.31 bits per heavy atom. The molecule has 0 aliphatic heterocycles. The van der Waals surface area contributed by atoms with Crippen molar-refractivity contribution in [3.05, 3.63) is 54.1 Å². The fourth-order valence-electron chi connectivity index (χ4n) is 1.26. The summed E-state index contributed by atoms with van der Waals surface area (Å²) < 4.78 is 0. The fourth-order valence-corrected chi connectivity index (χ4v) is 1.26. The number of carbonyl (C=O) groups is 1. The topological polar surface area (TPSA) is 55.4 Å². The summed E-state index contributed by atoms with van der Waals surface area (Å²) in [5, 5.41) is 0. The number of carbonyl (C=O) groups excluding carboxylic acids is 1. The zero-order valence-corrected chi connectivity index (χ0v) is 9.18. The molecule has 0 saturated heterocycles. The molecule has 2 N–H and O–H groups in total. The van der Waals surface area contributed by atoms with Gasteiger partial charge in [-0.2, -0.15) is 0 Å². The lowest BCUT2D eigenvalue weighted by molar-refractivity contribution is 0.100. The van der Waals surface area contributed by atoms with E-state index < -0.39 is 5.91 Å². The third-order valence-electron chi connectivity index (χ3n) is 2.13. The Morgan fingerprint density at radius 3 is 2.31 bits per heavy atom. The zero-order chi connectivity index (χ0) is 12.0. The average Bonchev–Trinajstić information content (AvgIpc) is 2.30.